The summed E-state index contributed by atoms with van der Waals surface area (Å²) in [6.07, 6.45) is 3.63. The van der Waals surface area contributed by atoms with Crippen molar-refractivity contribution in [1.82, 2.24) is 9.97 Å². The van der Waals surface area contributed by atoms with E-state index in [0.717, 1.165) is 27.7 Å². The van der Waals surface area contributed by atoms with Gasteiger partial charge < -0.3 is 5.32 Å². The van der Waals surface area contributed by atoms with E-state index in [2.05, 4.69) is 58.9 Å². The zero-order valence-electron chi connectivity index (χ0n) is 11.9. The third kappa shape index (κ3) is 3.44. The van der Waals surface area contributed by atoms with Crippen molar-refractivity contribution < 1.29 is 0 Å². The predicted molar refractivity (Wildman–Crippen MR) is 84.3 cm³/mol. The molecule has 3 nitrogen and oxygen atoms in total. The van der Waals surface area contributed by atoms with Crippen molar-refractivity contribution in [2.24, 2.45) is 11.3 Å². The van der Waals surface area contributed by atoms with Crippen LogP contribution in [0.25, 0.3) is 11.0 Å². The molecule has 2 heterocycles. The van der Waals surface area contributed by atoms with E-state index >= 15 is 0 Å². The Bertz CT molecular complexity index is 575. The number of hydrogen-bond acceptors (Lipinski definition) is 3. The summed E-state index contributed by atoms with van der Waals surface area (Å²) < 4.78 is 0.952. The molecule has 0 aliphatic heterocycles. The van der Waals surface area contributed by atoms with Crippen LogP contribution in [-0.2, 0) is 0 Å². The maximum Gasteiger partial charge on any atom is 0.112 e. The molecule has 0 spiro atoms. The summed E-state index contributed by atoms with van der Waals surface area (Å²) in [6, 6.07) is 3.97. The molecule has 2 rings (SSSR count). The highest BCUT2D eigenvalue weighted by Crippen LogP contribution is 2.27. The Morgan fingerprint density at radius 2 is 2.05 bits per heavy atom. The summed E-state index contributed by atoms with van der Waals surface area (Å²) >= 11 is 3.42. The van der Waals surface area contributed by atoms with Gasteiger partial charge in [-0.3, -0.25) is 9.97 Å². The minimum atomic E-state index is 0.298. The topological polar surface area (TPSA) is 37.8 Å². The summed E-state index contributed by atoms with van der Waals surface area (Å²) in [4.78, 5) is 8.80. The van der Waals surface area contributed by atoms with Crippen LogP contribution in [0.3, 0.4) is 0 Å². The number of rotatable bonds is 3. The molecule has 1 atom stereocenters. The molecule has 1 N–H and O–H groups in total. The molecule has 1 unspecified atom stereocenters. The van der Waals surface area contributed by atoms with Crippen LogP contribution in [0.2, 0.25) is 0 Å². The zero-order valence-corrected chi connectivity index (χ0v) is 13.5. The van der Waals surface area contributed by atoms with Crippen LogP contribution in [0.4, 0.5) is 5.69 Å². The van der Waals surface area contributed by atoms with E-state index in [-0.39, 0.29) is 0 Å². The van der Waals surface area contributed by atoms with Gasteiger partial charge in [-0.2, -0.15) is 0 Å². The normalized spacial score (nSPS) is 13.5. The molecule has 0 saturated carbocycles. The summed E-state index contributed by atoms with van der Waals surface area (Å²) in [5.41, 5.74) is 3.18. The molecule has 0 saturated heterocycles. The number of aromatic nitrogens is 2. The Morgan fingerprint density at radius 3 is 2.74 bits per heavy atom. The second kappa shape index (κ2) is 5.45. The lowest BCUT2D eigenvalue weighted by Crippen LogP contribution is -2.24. The van der Waals surface area contributed by atoms with E-state index in [1.54, 1.807) is 0 Å². The van der Waals surface area contributed by atoms with Crippen LogP contribution >= 0.6 is 15.9 Å². The average molecular weight is 322 g/mol. The fraction of sp³-hybridized carbons (Fsp3) is 0.467. The lowest BCUT2D eigenvalue weighted by Gasteiger charge is -2.27. The predicted octanol–water partition coefficient (Wildman–Crippen LogP) is 4.49. The van der Waals surface area contributed by atoms with Gasteiger partial charge in [-0.05, 0) is 39.4 Å². The first-order chi connectivity index (χ1) is 8.88. The quantitative estimate of drug-likeness (QED) is 0.905. The van der Waals surface area contributed by atoms with Crippen molar-refractivity contribution in [2.75, 3.05) is 11.9 Å². The standard InChI is InChI=1S/C15H20BrN3/c1-10(15(2,3)4)8-18-12-5-6-17-13-7-11(16)9-19-14(12)13/h5-7,9-10H,8H2,1-4H3,(H,17,18). The Labute approximate surface area is 123 Å². The minimum Gasteiger partial charge on any atom is -0.383 e. The van der Waals surface area contributed by atoms with Crippen molar-refractivity contribution in [3.63, 3.8) is 0 Å². The Morgan fingerprint density at radius 1 is 1.32 bits per heavy atom. The summed E-state index contributed by atoms with van der Waals surface area (Å²) in [5, 5.41) is 3.50. The van der Waals surface area contributed by atoms with Gasteiger partial charge in [0.2, 0.25) is 0 Å². The van der Waals surface area contributed by atoms with Crippen LogP contribution in [0.1, 0.15) is 27.7 Å². The first kappa shape index (κ1) is 14.3. The third-order valence-electron chi connectivity index (χ3n) is 3.62. The van der Waals surface area contributed by atoms with E-state index in [4.69, 9.17) is 0 Å². The van der Waals surface area contributed by atoms with Crippen molar-refractivity contribution in [1.29, 1.82) is 0 Å². The summed E-state index contributed by atoms with van der Waals surface area (Å²) in [5.74, 6) is 0.575. The average Bonchev–Trinajstić information content (AvgIpc) is 2.34. The second-order valence-electron chi connectivity index (χ2n) is 6.03. The van der Waals surface area contributed by atoms with Gasteiger partial charge in [0.05, 0.1) is 11.2 Å². The van der Waals surface area contributed by atoms with Crippen LogP contribution in [0.15, 0.2) is 29.0 Å². The maximum absolute atomic E-state index is 4.45. The molecule has 0 aromatic carbocycles. The number of nitrogens with one attached hydrogen (secondary N) is 1. The van der Waals surface area contributed by atoms with Gasteiger partial charge in [-0.15, -0.1) is 0 Å². The molecular weight excluding hydrogens is 302 g/mol. The first-order valence-corrected chi connectivity index (χ1v) is 7.31. The molecule has 0 fully saturated rings. The Hall–Kier alpha value is -1.16. The molecule has 19 heavy (non-hydrogen) atoms. The summed E-state index contributed by atoms with van der Waals surface area (Å²) in [6.45, 7) is 9.98. The molecule has 0 bridgehead atoms. The van der Waals surface area contributed by atoms with Crippen LogP contribution in [-0.4, -0.2) is 16.5 Å². The molecule has 0 aliphatic carbocycles. The highest BCUT2D eigenvalue weighted by atomic mass is 79.9. The number of halogens is 1. The molecule has 0 aliphatic rings. The molecule has 2 aromatic rings. The van der Waals surface area contributed by atoms with E-state index < -0.39 is 0 Å². The lowest BCUT2D eigenvalue weighted by atomic mass is 9.82. The Kier molecular flexibility index (Phi) is 4.09. The van der Waals surface area contributed by atoms with E-state index in [9.17, 15) is 0 Å². The number of nitrogens with zero attached hydrogens (tertiary/aromatic N) is 2. The maximum atomic E-state index is 4.45. The third-order valence-corrected chi connectivity index (χ3v) is 4.05. The van der Waals surface area contributed by atoms with Crippen LogP contribution in [0.5, 0.6) is 0 Å². The lowest BCUT2D eigenvalue weighted by molar-refractivity contribution is 0.274. The van der Waals surface area contributed by atoms with Crippen molar-refractivity contribution >= 4 is 32.7 Å². The SMILES string of the molecule is CC(CNc1ccnc2cc(Br)cnc12)C(C)(C)C. The Balaban J connectivity index is 2.22. The second-order valence-corrected chi connectivity index (χ2v) is 6.94. The summed E-state index contributed by atoms with van der Waals surface area (Å²) in [7, 11) is 0. The number of hydrogen-bond donors (Lipinski definition) is 1. The van der Waals surface area contributed by atoms with Gasteiger partial charge in [0.25, 0.3) is 0 Å². The highest BCUT2D eigenvalue weighted by molar-refractivity contribution is 9.10. The molecule has 4 heteroatoms. The molecule has 102 valence electrons. The first-order valence-electron chi connectivity index (χ1n) is 6.52. The van der Waals surface area contributed by atoms with Gasteiger partial charge in [0.1, 0.15) is 5.52 Å². The highest BCUT2D eigenvalue weighted by Gasteiger charge is 2.19. The largest absolute Gasteiger partial charge is 0.383 e. The van der Waals surface area contributed by atoms with Crippen LogP contribution in [0, 0.1) is 11.3 Å². The molecule has 0 radical (unpaired) electrons. The van der Waals surface area contributed by atoms with Gasteiger partial charge in [-0.1, -0.05) is 27.7 Å². The fourth-order valence-electron chi connectivity index (χ4n) is 1.72. The minimum absolute atomic E-state index is 0.298. The van der Waals surface area contributed by atoms with Gasteiger partial charge in [0.15, 0.2) is 0 Å². The zero-order chi connectivity index (χ0) is 14.0. The van der Waals surface area contributed by atoms with Crippen LogP contribution < -0.4 is 5.32 Å². The smallest absolute Gasteiger partial charge is 0.112 e. The van der Waals surface area contributed by atoms with Crippen molar-refractivity contribution in [2.45, 2.75) is 27.7 Å². The number of fused-ring (bicyclic) bond motifs is 1. The van der Waals surface area contributed by atoms with Gasteiger partial charge in [-0.25, -0.2) is 0 Å². The van der Waals surface area contributed by atoms with Gasteiger partial charge in [0, 0.05) is 23.4 Å². The molecular formula is C15H20BrN3. The van der Waals surface area contributed by atoms with E-state index in [0.29, 0.717) is 11.3 Å². The monoisotopic (exact) mass is 321 g/mol. The molecule has 0 amide bonds. The number of pyridine rings is 2. The van der Waals surface area contributed by atoms with Crippen molar-refractivity contribution in [3.8, 4) is 0 Å². The van der Waals surface area contributed by atoms with Crippen molar-refractivity contribution in [3.05, 3.63) is 29.0 Å². The van der Waals surface area contributed by atoms with E-state index in [1.807, 2.05) is 24.5 Å². The molecule has 2 aromatic heterocycles. The fourth-order valence-corrected chi connectivity index (χ4v) is 2.04. The van der Waals surface area contributed by atoms with Gasteiger partial charge >= 0.3 is 0 Å². The number of anilines is 1. The van der Waals surface area contributed by atoms with E-state index in [1.165, 1.54) is 0 Å².